The van der Waals surface area contributed by atoms with Crippen molar-refractivity contribution in [2.24, 2.45) is 0 Å². The van der Waals surface area contributed by atoms with Crippen molar-refractivity contribution >= 4 is 29.1 Å². The molecule has 3 aromatic rings. The third-order valence-electron chi connectivity index (χ3n) is 4.58. The third-order valence-corrected chi connectivity index (χ3v) is 5.63. The number of nitrogens with one attached hydrogen (secondary N) is 1. The van der Waals surface area contributed by atoms with Crippen molar-refractivity contribution in [3.05, 3.63) is 72.0 Å². The lowest BCUT2D eigenvalue weighted by Gasteiger charge is -2.14. The molecule has 0 saturated carbocycles. The van der Waals surface area contributed by atoms with Gasteiger partial charge in [-0.3, -0.25) is 9.59 Å². The highest BCUT2D eigenvalue weighted by atomic mass is 32.2. The van der Waals surface area contributed by atoms with E-state index in [0.717, 1.165) is 17.8 Å². The zero-order valence-electron chi connectivity index (χ0n) is 17.7. The maximum Gasteiger partial charge on any atom is 0.387 e. The lowest BCUT2D eigenvalue weighted by atomic mass is 10.0. The Morgan fingerprint density at radius 1 is 1.03 bits per heavy atom. The number of rotatable bonds is 9. The number of benzene rings is 3. The summed E-state index contributed by atoms with van der Waals surface area (Å²) in [6, 6.07) is 15.1. The smallest absolute Gasteiger partial charge is 0.387 e. The number of thioether (sulfide) groups is 1. The van der Waals surface area contributed by atoms with Gasteiger partial charge >= 0.3 is 6.61 Å². The van der Waals surface area contributed by atoms with Crippen LogP contribution in [0.15, 0.2) is 65.6 Å². The van der Waals surface area contributed by atoms with Gasteiger partial charge in [0, 0.05) is 21.7 Å². The SMILES string of the molecule is COc1ccc(-c2cc(NC(=O)CSc3ccc(C(C)=O)cc3F)ccc2OC(F)F)cc1. The van der Waals surface area contributed by atoms with Crippen LogP contribution in [0, 0.1) is 5.82 Å². The summed E-state index contributed by atoms with van der Waals surface area (Å²) in [5.41, 5.74) is 1.55. The Morgan fingerprint density at radius 2 is 1.76 bits per heavy atom. The Balaban J connectivity index is 1.74. The van der Waals surface area contributed by atoms with Crippen LogP contribution in [-0.4, -0.2) is 31.2 Å². The molecule has 33 heavy (non-hydrogen) atoms. The average molecular weight is 475 g/mol. The third kappa shape index (κ3) is 6.52. The van der Waals surface area contributed by atoms with Crippen molar-refractivity contribution in [3.8, 4) is 22.6 Å². The van der Waals surface area contributed by atoms with Gasteiger partial charge in [-0.25, -0.2) is 4.39 Å². The van der Waals surface area contributed by atoms with E-state index in [0.29, 0.717) is 22.6 Å². The number of Topliss-reactive ketones (excluding diaryl/α,β-unsaturated/α-hetero) is 1. The van der Waals surface area contributed by atoms with Crippen molar-refractivity contribution < 1.29 is 32.2 Å². The molecule has 5 nitrogen and oxygen atoms in total. The first-order chi connectivity index (χ1) is 15.8. The summed E-state index contributed by atoms with van der Waals surface area (Å²) < 4.78 is 49.6. The van der Waals surface area contributed by atoms with E-state index in [1.165, 1.54) is 44.4 Å². The number of carbonyl (C=O) groups excluding carboxylic acids is 2. The predicted octanol–water partition coefficient (Wildman–Crippen LogP) is 6.04. The molecule has 0 bridgehead atoms. The Hall–Kier alpha value is -3.46. The molecule has 172 valence electrons. The molecule has 0 spiro atoms. The summed E-state index contributed by atoms with van der Waals surface area (Å²) in [6.07, 6.45) is 0. The summed E-state index contributed by atoms with van der Waals surface area (Å²) in [4.78, 5) is 24.0. The van der Waals surface area contributed by atoms with Gasteiger partial charge in [-0.05, 0) is 55.0 Å². The summed E-state index contributed by atoms with van der Waals surface area (Å²) in [5, 5.41) is 2.67. The minimum atomic E-state index is -3.01. The zero-order chi connectivity index (χ0) is 24.0. The molecule has 0 aliphatic rings. The lowest BCUT2D eigenvalue weighted by molar-refractivity contribution is -0.113. The molecule has 0 atom stereocenters. The molecule has 0 heterocycles. The van der Waals surface area contributed by atoms with Crippen molar-refractivity contribution in [2.75, 3.05) is 18.2 Å². The zero-order valence-corrected chi connectivity index (χ0v) is 18.5. The Morgan fingerprint density at radius 3 is 2.36 bits per heavy atom. The van der Waals surface area contributed by atoms with E-state index in [1.54, 1.807) is 24.3 Å². The van der Waals surface area contributed by atoms with Crippen molar-refractivity contribution in [1.82, 2.24) is 0 Å². The fraction of sp³-hybridized carbons (Fsp3) is 0.167. The average Bonchev–Trinajstić information content (AvgIpc) is 2.79. The Kier molecular flexibility index (Phi) is 8.00. The van der Waals surface area contributed by atoms with Gasteiger partial charge in [0.1, 0.15) is 17.3 Å². The fourth-order valence-electron chi connectivity index (χ4n) is 2.98. The van der Waals surface area contributed by atoms with E-state index in [2.05, 4.69) is 10.1 Å². The van der Waals surface area contributed by atoms with Crippen molar-refractivity contribution in [3.63, 3.8) is 0 Å². The van der Waals surface area contributed by atoms with Crippen LogP contribution in [0.3, 0.4) is 0 Å². The maximum atomic E-state index is 14.1. The molecular formula is C24H20F3NO4S. The minimum absolute atomic E-state index is 0.0461. The van der Waals surface area contributed by atoms with Gasteiger partial charge in [0.15, 0.2) is 5.78 Å². The van der Waals surface area contributed by atoms with Crippen LogP contribution >= 0.6 is 11.8 Å². The van der Waals surface area contributed by atoms with Gasteiger partial charge in [-0.1, -0.05) is 18.2 Å². The molecule has 3 aromatic carbocycles. The molecule has 0 fully saturated rings. The predicted molar refractivity (Wildman–Crippen MR) is 121 cm³/mol. The number of alkyl halides is 2. The molecule has 0 aliphatic carbocycles. The minimum Gasteiger partial charge on any atom is -0.497 e. The number of ketones is 1. The van der Waals surface area contributed by atoms with Crippen molar-refractivity contribution in [2.45, 2.75) is 18.4 Å². The molecule has 3 rings (SSSR count). The number of ether oxygens (including phenoxy) is 2. The first-order valence-corrected chi connectivity index (χ1v) is 10.7. The van der Waals surface area contributed by atoms with E-state index in [9.17, 15) is 22.8 Å². The molecule has 0 aliphatic heterocycles. The highest BCUT2D eigenvalue weighted by Crippen LogP contribution is 2.35. The lowest BCUT2D eigenvalue weighted by Crippen LogP contribution is -2.14. The second-order valence-electron chi connectivity index (χ2n) is 6.86. The highest BCUT2D eigenvalue weighted by molar-refractivity contribution is 8.00. The van der Waals surface area contributed by atoms with Gasteiger partial charge in [0.05, 0.1) is 12.9 Å². The van der Waals surface area contributed by atoms with Gasteiger partial charge in [-0.15, -0.1) is 11.8 Å². The first kappa shape index (κ1) is 24.2. The van der Waals surface area contributed by atoms with Crippen LogP contribution in [0.25, 0.3) is 11.1 Å². The standard InChI is InChI=1S/C24H20F3NO4S/c1-14(29)16-5-10-22(20(25)11-16)33-13-23(30)28-17-6-9-21(32-24(26)27)19(12-17)15-3-7-18(31-2)8-4-15/h3-12,24H,13H2,1-2H3,(H,28,30). The number of amides is 1. The summed E-state index contributed by atoms with van der Waals surface area (Å²) >= 11 is 0.975. The van der Waals surface area contributed by atoms with Gasteiger partial charge in [0.25, 0.3) is 0 Å². The van der Waals surface area contributed by atoms with Crippen molar-refractivity contribution in [1.29, 1.82) is 0 Å². The first-order valence-electron chi connectivity index (χ1n) is 9.73. The molecule has 9 heteroatoms. The van der Waals surface area contributed by atoms with E-state index < -0.39 is 18.3 Å². The number of hydrogen-bond donors (Lipinski definition) is 1. The Labute approximate surface area is 192 Å². The second-order valence-corrected chi connectivity index (χ2v) is 7.87. The van der Waals surface area contributed by atoms with E-state index >= 15 is 0 Å². The summed E-state index contributed by atoms with van der Waals surface area (Å²) in [7, 11) is 1.51. The van der Waals surface area contributed by atoms with Crippen LogP contribution in [-0.2, 0) is 4.79 Å². The molecule has 0 unspecified atom stereocenters. The quantitative estimate of drug-likeness (QED) is 0.302. The van der Waals surface area contributed by atoms with Crippen LogP contribution in [0.2, 0.25) is 0 Å². The van der Waals surface area contributed by atoms with E-state index in [4.69, 9.17) is 4.74 Å². The molecule has 1 amide bonds. The summed E-state index contributed by atoms with van der Waals surface area (Å²) in [5.74, 6) is -0.803. The molecule has 1 N–H and O–H groups in total. The van der Waals surface area contributed by atoms with E-state index in [-0.39, 0.29) is 27.7 Å². The molecule has 0 saturated heterocycles. The van der Waals surface area contributed by atoms with Crippen LogP contribution < -0.4 is 14.8 Å². The fourth-order valence-corrected chi connectivity index (χ4v) is 3.70. The largest absolute Gasteiger partial charge is 0.497 e. The van der Waals surface area contributed by atoms with Crippen LogP contribution in [0.4, 0.5) is 18.9 Å². The van der Waals surface area contributed by atoms with Crippen LogP contribution in [0.1, 0.15) is 17.3 Å². The number of carbonyl (C=O) groups is 2. The monoisotopic (exact) mass is 475 g/mol. The molecule has 0 aromatic heterocycles. The highest BCUT2D eigenvalue weighted by Gasteiger charge is 2.14. The number of anilines is 1. The number of methoxy groups -OCH3 is 1. The van der Waals surface area contributed by atoms with E-state index in [1.807, 2.05) is 0 Å². The molecular weight excluding hydrogens is 455 g/mol. The number of halogens is 3. The molecule has 0 radical (unpaired) electrons. The second kappa shape index (κ2) is 10.9. The van der Waals surface area contributed by atoms with Gasteiger partial charge < -0.3 is 14.8 Å². The Bertz CT molecular complexity index is 1150. The van der Waals surface area contributed by atoms with Gasteiger partial charge in [-0.2, -0.15) is 8.78 Å². The topological polar surface area (TPSA) is 64.6 Å². The normalized spacial score (nSPS) is 10.7. The van der Waals surface area contributed by atoms with Gasteiger partial charge in [0.2, 0.25) is 5.91 Å². The van der Waals surface area contributed by atoms with Crippen LogP contribution in [0.5, 0.6) is 11.5 Å². The number of hydrogen-bond acceptors (Lipinski definition) is 5. The summed E-state index contributed by atoms with van der Waals surface area (Å²) in [6.45, 7) is -1.67. The maximum absolute atomic E-state index is 14.1.